The van der Waals surface area contributed by atoms with Crippen LogP contribution in [-0.2, 0) is 6.61 Å². The zero-order chi connectivity index (χ0) is 15.4. The van der Waals surface area contributed by atoms with Gasteiger partial charge in [-0.1, -0.05) is 13.8 Å². The van der Waals surface area contributed by atoms with E-state index in [-0.39, 0.29) is 12.5 Å². The number of halogens is 1. The Morgan fingerprint density at radius 1 is 1.24 bits per heavy atom. The van der Waals surface area contributed by atoms with Crippen LogP contribution in [0.5, 0.6) is 17.4 Å². The summed E-state index contributed by atoms with van der Waals surface area (Å²) in [5.74, 6) is 2.12. The molecule has 21 heavy (non-hydrogen) atoms. The first-order valence-corrected chi connectivity index (χ1v) is 7.46. The van der Waals surface area contributed by atoms with Crippen molar-refractivity contribution < 1.29 is 14.6 Å². The Bertz CT molecular complexity index is 629. The molecule has 0 aliphatic carbocycles. The number of hydrogen-bond acceptors (Lipinski definition) is 4. The molecule has 1 N–H and O–H groups in total. The van der Waals surface area contributed by atoms with E-state index >= 15 is 0 Å². The van der Waals surface area contributed by atoms with Crippen molar-refractivity contribution in [3.63, 3.8) is 0 Å². The number of aliphatic hydroxyl groups excluding tert-OH is 1. The Labute approximate surface area is 132 Å². The topological polar surface area (TPSA) is 51.6 Å². The van der Waals surface area contributed by atoms with Crippen LogP contribution >= 0.6 is 15.9 Å². The van der Waals surface area contributed by atoms with Crippen molar-refractivity contribution >= 4 is 15.9 Å². The van der Waals surface area contributed by atoms with Crippen molar-refractivity contribution in [3.8, 4) is 17.4 Å². The quantitative estimate of drug-likeness (QED) is 0.874. The van der Waals surface area contributed by atoms with Gasteiger partial charge in [-0.05, 0) is 51.7 Å². The molecule has 0 atom stereocenters. The third kappa shape index (κ3) is 3.95. The van der Waals surface area contributed by atoms with E-state index in [2.05, 4.69) is 34.8 Å². The van der Waals surface area contributed by atoms with E-state index in [0.29, 0.717) is 11.6 Å². The van der Waals surface area contributed by atoms with E-state index in [1.165, 1.54) is 0 Å². The summed E-state index contributed by atoms with van der Waals surface area (Å²) in [6, 6.07) is 9.09. The Morgan fingerprint density at radius 3 is 2.57 bits per heavy atom. The lowest BCUT2D eigenvalue weighted by Crippen LogP contribution is -1.99. The van der Waals surface area contributed by atoms with Gasteiger partial charge in [0, 0.05) is 11.8 Å². The van der Waals surface area contributed by atoms with E-state index in [1.54, 1.807) is 13.2 Å². The average molecular weight is 352 g/mol. The first-order valence-electron chi connectivity index (χ1n) is 6.66. The Morgan fingerprint density at radius 2 is 2.00 bits per heavy atom. The lowest BCUT2D eigenvalue weighted by molar-refractivity contribution is 0.280. The standard InChI is InChI=1S/C16H18BrNO3/c1-10(2)14-6-11(9-19)7-16(18-14)21-15-5-4-12(20-3)8-13(15)17/h4-8,10,19H,9H2,1-3H3. The number of hydrogen-bond donors (Lipinski definition) is 1. The minimum atomic E-state index is -0.0393. The molecular weight excluding hydrogens is 334 g/mol. The van der Waals surface area contributed by atoms with Crippen LogP contribution in [0.25, 0.3) is 0 Å². The molecule has 0 saturated carbocycles. The number of methoxy groups -OCH3 is 1. The zero-order valence-electron chi connectivity index (χ0n) is 12.3. The summed E-state index contributed by atoms with van der Waals surface area (Å²) >= 11 is 3.45. The van der Waals surface area contributed by atoms with E-state index in [4.69, 9.17) is 9.47 Å². The van der Waals surface area contributed by atoms with Gasteiger partial charge in [-0.3, -0.25) is 0 Å². The van der Waals surface area contributed by atoms with Gasteiger partial charge in [0.15, 0.2) is 0 Å². The van der Waals surface area contributed by atoms with Crippen LogP contribution < -0.4 is 9.47 Å². The molecule has 0 aliphatic rings. The van der Waals surface area contributed by atoms with E-state index in [9.17, 15) is 5.11 Å². The van der Waals surface area contributed by atoms with Crippen molar-refractivity contribution in [2.75, 3.05) is 7.11 Å². The summed E-state index contributed by atoms with van der Waals surface area (Å²) in [5.41, 5.74) is 1.68. The SMILES string of the molecule is COc1ccc(Oc2cc(CO)cc(C(C)C)n2)c(Br)c1. The van der Waals surface area contributed by atoms with Crippen molar-refractivity contribution in [1.29, 1.82) is 0 Å². The largest absolute Gasteiger partial charge is 0.497 e. The predicted molar refractivity (Wildman–Crippen MR) is 85.0 cm³/mol. The van der Waals surface area contributed by atoms with Gasteiger partial charge in [0.2, 0.25) is 5.88 Å². The molecule has 2 rings (SSSR count). The Kier molecular flexibility index (Phi) is 5.20. The molecule has 0 amide bonds. The van der Waals surface area contributed by atoms with Gasteiger partial charge in [0.05, 0.1) is 18.2 Å². The fourth-order valence-corrected chi connectivity index (χ4v) is 2.26. The monoisotopic (exact) mass is 351 g/mol. The maximum absolute atomic E-state index is 9.35. The molecule has 0 unspecified atom stereocenters. The molecule has 0 fully saturated rings. The van der Waals surface area contributed by atoms with Crippen LogP contribution in [0, 0.1) is 0 Å². The maximum Gasteiger partial charge on any atom is 0.219 e. The summed E-state index contributed by atoms with van der Waals surface area (Å²) in [4.78, 5) is 4.47. The molecule has 112 valence electrons. The van der Waals surface area contributed by atoms with Crippen molar-refractivity contribution in [2.24, 2.45) is 0 Å². The van der Waals surface area contributed by atoms with Crippen LogP contribution in [0.1, 0.15) is 31.0 Å². The highest BCUT2D eigenvalue weighted by molar-refractivity contribution is 9.10. The van der Waals surface area contributed by atoms with Crippen molar-refractivity contribution in [3.05, 3.63) is 46.1 Å². The summed E-state index contributed by atoms with van der Waals surface area (Å²) in [6.07, 6.45) is 0. The van der Waals surface area contributed by atoms with Crippen molar-refractivity contribution in [2.45, 2.75) is 26.4 Å². The normalized spacial score (nSPS) is 10.8. The van der Waals surface area contributed by atoms with E-state index in [1.807, 2.05) is 24.3 Å². The fourth-order valence-electron chi connectivity index (χ4n) is 1.83. The van der Waals surface area contributed by atoms with Gasteiger partial charge in [-0.25, -0.2) is 4.98 Å². The lowest BCUT2D eigenvalue weighted by atomic mass is 10.1. The highest BCUT2D eigenvalue weighted by atomic mass is 79.9. The minimum Gasteiger partial charge on any atom is -0.497 e. The second-order valence-corrected chi connectivity index (χ2v) is 5.80. The first kappa shape index (κ1) is 15.8. The number of rotatable bonds is 5. The third-order valence-corrected chi connectivity index (χ3v) is 3.63. The number of aliphatic hydroxyl groups is 1. The number of ether oxygens (including phenoxy) is 2. The van der Waals surface area contributed by atoms with Gasteiger partial charge in [0.1, 0.15) is 11.5 Å². The number of pyridine rings is 1. The molecule has 0 aliphatic heterocycles. The summed E-state index contributed by atoms with van der Waals surface area (Å²) in [5, 5.41) is 9.35. The van der Waals surface area contributed by atoms with Crippen LogP contribution in [0.3, 0.4) is 0 Å². The molecule has 1 aromatic carbocycles. The molecule has 1 aromatic heterocycles. The molecule has 1 heterocycles. The number of benzene rings is 1. The second-order valence-electron chi connectivity index (χ2n) is 4.95. The molecule has 4 nitrogen and oxygen atoms in total. The highest BCUT2D eigenvalue weighted by Gasteiger charge is 2.10. The molecular formula is C16H18BrNO3. The summed E-state index contributed by atoms with van der Waals surface area (Å²) < 4.78 is 11.8. The Hall–Kier alpha value is -1.59. The third-order valence-electron chi connectivity index (χ3n) is 3.01. The predicted octanol–water partition coefficient (Wildman–Crippen LogP) is 4.26. The first-order chi connectivity index (χ1) is 10.0. The number of nitrogens with zero attached hydrogens (tertiary/aromatic N) is 1. The van der Waals surface area contributed by atoms with Gasteiger partial charge < -0.3 is 14.6 Å². The molecule has 2 aromatic rings. The second kappa shape index (κ2) is 6.91. The highest BCUT2D eigenvalue weighted by Crippen LogP contribution is 2.32. The average Bonchev–Trinajstić information content (AvgIpc) is 2.48. The summed E-state index contributed by atoms with van der Waals surface area (Å²) in [7, 11) is 1.61. The van der Waals surface area contributed by atoms with E-state index in [0.717, 1.165) is 21.5 Å². The minimum absolute atomic E-state index is 0.0393. The van der Waals surface area contributed by atoms with Crippen LogP contribution in [0.15, 0.2) is 34.8 Å². The van der Waals surface area contributed by atoms with E-state index < -0.39 is 0 Å². The van der Waals surface area contributed by atoms with Crippen LogP contribution in [0.2, 0.25) is 0 Å². The van der Waals surface area contributed by atoms with Gasteiger partial charge in [0.25, 0.3) is 0 Å². The van der Waals surface area contributed by atoms with Gasteiger partial charge in [-0.15, -0.1) is 0 Å². The zero-order valence-corrected chi connectivity index (χ0v) is 13.8. The number of aromatic nitrogens is 1. The molecule has 0 spiro atoms. The molecule has 0 saturated heterocycles. The fraction of sp³-hybridized carbons (Fsp3) is 0.312. The van der Waals surface area contributed by atoms with Crippen molar-refractivity contribution in [1.82, 2.24) is 4.98 Å². The smallest absolute Gasteiger partial charge is 0.219 e. The molecule has 5 heteroatoms. The van der Waals surface area contributed by atoms with Gasteiger partial charge >= 0.3 is 0 Å². The van der Waals surface area contributed by atoms with Gasteiger partial charge in [-0.2, -0.15) is 0 Å². The maximum atomic E-state index is 9.35. The lowest BCUT2D eigenvalue weighted by Gasteiger charge is -2.12. The molecule has 0 bridgehead atoms. The Balaban J connectivity index is 2.32. The van der Waals surface area contributed by atoms with Crippen LogP contribution in [-0.4, -0.2) is 17.2 Å². The molecule has 0 radical (unpaired) electrons. The summed E-state index contributed by atoms with van der Waals surface area (Å²) in [6.45, 7) is 4.06. The van der Waals surface area contributed by atoms with Crippen LogP contribution in [0.4, 0.5) is 0 Å².